The maximum Gasteiger partial charge on any atom is 0.305 e. The Balaban J connectivity index is 1.70. The third-order valence-electron chi connectivity index (χ3n) is 4.99. The van der Waals surface area contributed by atoms with E-state index in [1.54, 1.807) is 0 Å². The Bertz CT molecular complexity index is 700. The van der Waals surface area contributed by atoms with Gasteiger partial charge in [-0.2, -0.15) is 0 Å². The molecule has 0 aromatic heterocycles. The molecule has 7 nitrogen and oxygen atoms in total. The first kappa shape index (κ1) is 18.3. The van der Waals surface area contributed by atoms with Crippen molar-refractivity contribution in [2.24, 2.45) is 5.92 Å². The molecule has 1 aromatic rings. The molecule has 2 N–H and O–H groups in total. The molecule has 8 heteroatoms. The summed E-state index contributed by atoms with van der Waals surface area (Å²) in [7, 11) is 0. The van der Waals surface area contributed by atoms with Crippen molar-refractivity contribution in [2.75, 3.05) is 24.7 Å². The van der Waals surface area contributed by atoms with Crippen LogP contribution < -0.4 is 10.2 Å². The van der Waals surface area contributed by atoms with E-state index in [0.29, 0.717) is 44.7 Å². The molecule has 2 heterocycles. The van der Waals surface area contributed by atoms with E-state index in [4.69, 9.17) is 4.74 Å². The molecular formula is C18H21FN2O5. The van der Waals surface area contributed by atoms with E-state index in [2.05, 4.69) is 5.32 Å². The maximum absolute atomic E-state index is 13.1. The van der Waals surface area contributed by atoms with Crippen LogP contribution in [0.3, 0.4) is 0 Å². The minimum absolute atomic E-state index is 0.204. The highest BCUT2D eigenvalue weighted by molar-refractivity contribution is 6.09. The number of carboxylic acid groups (broad SMARTS) is 1. The predicted octanol–water partition coefficient (Wildman–Crippen LogP) is 1.32. The number of benzene rings is 1. The molecule has 0 bridgehead atoms. The molecule has 1 aromatic carbocycles. The van der Waals surface area contributed by atoms with E-state index < -0.39 is 29.2 Å². The van der Waals surface area contributed by atoms with Crippen LogP contribution in [0.2, 0.25) is 0 Å². The number of nitrogens with zero attached hydrogens (tertiary/aromatic N) is 1. The van der Waals surface area contributed by atoms with Crippen molar-refractivity contribution in [3.63, 3.8) is 0 Å². The molecule has 1 atom stereocenters. The van der Waals surface area contributed by atoms with Gasteiger partial charge in [-0.1, -0.05) is 0 Å². The molecule has 0 spiro atoms. The van der Waals surface area contributed by atoms with Gasteiger partial charge < -0.3 is 20.1 Å². The SMILES string of the molecule is O=C(O)CC1(NC(=O)C2CCN(c3ccc(F)cc3)C2=O)CCOCC1. The third kappa shape index (κ3) is 3.85. The van der Waals surface area contributed by atoms with E-state index in [0.717, 1.165) is 0 Å². The van der Waals surface area contributed by atoms with Crippen molar-refractivity contribution in [1.29, 1.82) is 0 Å². The van der Waals surface area contributed by atoms with Crippen molar-refractivity contribution < 1.29 is 28.6 Å². The van der Waals surface area contributed by atoms with Crippen LogP contribution in [0, 0.1) is 11.7 Å². The molecule has 0 aliphatic carbocycles. The number of amides is 2. The molecule has 140 valence electrons. The van der Waals surface area contributed by atoms with E-state index in [1.807, 2.05) is 0 Å². The fourth-order valence-electron chi connectivity index (χ4n) is 3.55. The highest BCUT2D eigenvalue weighted by Crippen LogP contribution is 2.29. The molecule has 3 rings (SSSR count). The summed E-state index contributed by atoms with van der Waals surface area (Å²) in [5, 5.41) is 12.0. The van der Waals surface area contributed by atoms with Crippen LogP contribution in [0.15, 0.2) is 24.3 Å². The number of carbonyl (C=O) groups is 3. The average molecular weight is 364 g/mol. The number of aliphatic carboxylic acids is 1. The summed E-state index contributed by atoms with van der Waals surface area (Å²) in [6.07, 6.45) is 0.924. The molecule has 0 radical (unpaired) electrons. The first-order valence-corrected chi connectivity index (χ1v) is 8.59. The van der Waals surface area contributed by atoms with Crippen molar-refractivity contribution in [1.82, 2.24) is 5.32 Å². The number of rotatable bonds is 5. The zero-order chi connectivity index (χ0) is 18.7. The van der Waals surface area contributed by atoms with Crippen molar-refractivity contribution in [3.8, 4) is 0 Å². The summed E-state index contributed by atoms with van der Waals surface area (Å²) in [5.41, 5.74) is -0.344. The van der Waals surface area contributed by atoms with Crippen LogP contribution >= 0.6 is 0 Å². The van der Waals surface area contributed by atoms with Crippen LogP contribution in [0.1, 0.15) is 25.7 Å². The number of halogens is 1. The van der Waals surface area contributed by atoms with Gasteiger partial charge in [0.25, 0.3) is 0 Å². The van der Waals surface area contributed by atoms with Gasteiger partial charge in [0.1, 0.15) is 11.7 Å². The summed E-state index contributed by atoms with van der Waals surface area (Å²) in [4.78, 5) is 38.0. The molecule has 2 saturated heterocycles. The fraction of sp³-hybridized carbons (Fsp3) is 0.500. The number of carboxylic acids is 1. The van der Waals surface area contributed by atoms with Crippen LogP contribution in [0.5, 0.6) is 0 Å². The minimum atomic E-state index is -1.00. The average Bonchev–Trinajstić information content (AvgIpc) is 2.97. The van der Waals surface area contributed by atoms with Gasteiger partial charge in [-0.05, 0) is 43.5 Å². The van der Waals surface area contributed by atoms with Crippen molar-refractivity contribution >= 4 is 23.5 Å². The van der Waals surface area contributed by atoms with Gasteiger partial charge in [0, 0.05) is 25.4 Å². The topological polar surface area (TPSA) is 95.9 Å². The van der Waals surface area contributed by atoms with E-state index in [-0.39, 0.29) is 12.3 Å². The van der Waals surface area contributed by atoms with Crippen LogP contribution in [0.4, 0.5) is 10.1 Å². The lowest BCUT2D eigenvalue weighted by Gasteiger charge is -2.37. The second-order valence-electron chi connectivity index (χ2n) is 6.76. The van der Waals surface area contributed by atoms with Crippen LogP contribution in [0.25, 0.3) is 0 Å². The molecule has 1 unspecified atom stereocenters. The molecular weight excluding hydrogens is 343 g/mol. The molecule has 2 aliphatic heterocycles. The monoisotopic (exact) mass is 364 g/mol. The predicted molar refractivity (Wildman–Crippen MR) is 90.0 cm³/mol. The third-order valence-corrected chi connectivity index (χ3v) is 4.99. The van der Waals surface area contributed by atoms with Crippen molar-refractivity contribution in [2.45, 2.75) is 31.2 Å². The van der Waals surface area contributed by atoms with Gasteiger partial charge in [-0.3, -0.25) is 14.4 Å². The van der Waals surface area contributed by atoms with Gasteiger partial charge in [-0.25, -0.2) is 4.39 Å². The highest BCUT2D eigenvalue weighted by atomic mass is 19.1. The van der Waals surface area contributed by atoms with Gasteiger partial charge in [0.05, 0.1) is 12.0 Å². The summed E-state index contributed by atoms with van der Waals surface area (Å²) < 4.78 is 18.3. The zero-order valence-corrected chi connectivity index (χ0v) is 14.2. The largest absolute Gasteiger partial charge is 0.481 e. The lowest BCUT2D eigenvalue weighted by molar-refractivity contribution is -0.141. The van der Waals surface area contributed by atoms with Crippen molar-refractivity contribution in [3.05, 3.63) is 30.1 Å². The molecule has 2 amide bonds. The summed E-state index contributed by atoms with van der Waals surface area (Å²) in [5.74, 6) is -3.08. The smallest absolute Gasteiger partial charge is 0.305 e. The maximum atomic E-state index is 13.1. The first-order valence-electron chi connectivity index (χ1n) is 8.59. The van der Waals surface area contributed by atoms with Gasteiger partial charge in [-0.15, -0.1) is 0 Å². The summed E-state index contributed by atoms with van der Waals surface area (Å²) in [6, 6.07) is 5.52. The number of nitrogens with one attached hydrogen (secondary N) is 1. The fourth-order valence-corrected chi connectivity index (χ4v) is 3.55. The Kier molecular flexibility index (Phi) is 5.22. The van der Waals surface area contributed by atoms with E-state index in [9.17, 15) is 23.9 Å². The Morgan fingerprint density at radius 1 is 1.27 bits per heavy atom. The Morgan fingerprint density at radius 3 is 2.54 bits per heavy atom. The molecule has 2 fully saturated rings. The standard InChI is InChI=1S/C18H21FN2O5/c19-12-1-3-13(4-2-12)21-8-5-14(17(21)25)16(24)20-18(11-15(22)23)6-9-26-10-7-18/h1-4,14H,5-11H2,(H,20,24)(H,22,23). The lowest BCUT2D eigenvalue weighted by Crippen LogP contribution is -2.55. The molecule has 0 saturated carbocycles. The number of carbonyl (C=O) groups excluding carboxylic acids is 2. The van der Waals surface area contributed by atoms with Crippen LogP contribution in [-0.2, 0) is 19.1 Å². The quantitative estimate of drug-likeness (QED) is 0.768. The lowest BCUT2D eigenvalue weighted by atomic mass is 9.85. The van der Waals surface area contributed by atoms with Gasteiger partial charge in [0.2, 0.25) is 11.8 Å². The summed E-state index contributed by atoms with van der Waals surface area (Å²) >= 11 is 0. The molecule has 2 aliphatic rings. The Hall–Kier alpha value is -2.48. The number of hydrogen-bond donors (Lipinski definition) is 2. The number of ether oxygens (including phenoxy) is 1. The summed E-state index contributed by atoms with van der Waals surface area (Å²) in [6.45, 7) is 1.10. The van der Waals surface area contributed by atoms with Gasteiger partial charge in [0.15, 0.2) is 0 Å². The zero-order valence-electron chi connectivity index (χ0n) is 14.2. The number of anilines is 1. The second-order valence-corrected chi connectivity index (χ2v) is 6.76. The minimum Gasteiger partial charge on any atom is -0.481 e. The van der Waals surface area contributed by atoms with E-state index in [1.165, 1.54) is 29.2 Å². The van der Waals surface area contributed by atoms with Crippen LogP contribution in [-0.4, -0.2) is 48.2 Å². The Morgan fingerprint density at radius 2 is 1.92 bits per heavy atom. The van der Waals surface area contributed by atoms with E-state index >= 15 is 0 Å². The Labute approximate surface area is 150 Å². The molecule has 26 heavy (non-hydrogen) atoms. The highest BCUT2D eigenvalue weighted by Gasteiger charge is 2.42. The first-order chi connectivity index (χ1) is 12.4. The van der Waals surface area contributed by atoms with Gasteiger partial charge >= 0.3 is 5.97 Å². The normalized spacial score (nSPS) is 22.3. The second kappa shape index (κ2) is 7.41. The number of hydrogen-bond acceptors (Lipinski definition) is 4.